The summed E-state index contributed by atoms with van der Waals surface area (Å²) in [5.74, 6) is 0.0447. The van der Waals surface area contributed by atoms with E-state index in [9.17, 15) is 0 Å². The molecule has 0 aromatic heterocycles. The number of hydrogen-bond donors (Lipinski definition) is 0. The van der Waals surface area contributed by atoms with Crippen molar-refractivity contribution in [2.24, 2.45) is 5.92 Å². The molecule has 0 nitrogen and oxygen atoms in total. The standard InChI is InChI=1S/C10H16Cl4/c1-2-3-4-5-6-7-8-9(11,12)10(8,13)14/h8H,2-7H2,1H3. The largest absolute Gasteiger partial charge is 0.157 e. The highest BCUT2D eigenvalue weighted by molar-refractivity contribution is 6.68. The van der Waals surface area contributed by atoms with Gasteiger partial charge in [0, 0.05) is 5.92 Å². The van der Waals surface area contributed by atoms with Crippen LogP contribution in [0.2, 0.25) is 0 Å². The van der Waals surface area contributed by atoms with Gasteiger partial charge in [-0.05, 0) is 6.42 Å². The Kier molecular flexibility index (Phi) is 4.72. The Labute approximate surface area is 106 Å². The van der Waals surface area contributed by atoms with Gasteiger partial charge in [-0.15, -0.1) is 0 Å². The summed E-state index contributed by atoms with van der Waals surface area (Å²) in [5.41, 5.74) is 0. The lowest BCUT2D eigenvalue weighted by Gasteiger charge is -1.99. The quantitative estimate of drug-likeness (QED) is 0.455. The van der Waals surface area contributed by atoms with Gasteiger partial charge in [0.2, 0.25) is 0 Å². The van der Waals surface area contributed by atoms with E-state index in [1.165, 1.54) is 25.7 Å². The van der Waals surface area contributed by atoms with Crippen molar-refractivity contribution in [3.63, 3.8) is 0 Å². The molecule has 0 radical (unpaired) electrons. The van der Waals surface area contributed by atoms with Gasteiger partial charge in [-0.3, -0.25) is 0 Å². The Bertz CT molecular complexity index is 175. The topological polar surface area (TPSA) is 0 Å². The molecule has 0 amide bonds. The Morgan fingerprint density at radius 3 is 1.79 bits per heavy atom. The van der Waals surface area contributed by atoms with E-state index >= 15 is 0 Å². The predicted octanol–water partition coefficient (Wildman–Crippen LogP) is 5.32. The predicted molar refractivity (Wildman–Crippen MR) is 65.7 cm³/mol. The van der Waals surface area contributed by atoms with Crippen molar-refractivity contribution in [3.8, 4) is 0 Å². The number of alkyl halides is 4. The second-order valence-electron chi connectivity index (χ2n) is 4.00. The molecular formula is C10H16Cl4. The van der Waals surface area contributed by atoms with Crippen molar-refractivity contribution in [2.75, 3.05) is 0 Å². The molecule has 84 valence electrons. The summed E-state index contributed by atoms with van der Waals surface area (Å²) in [6.45, 7) is 2.20. The Morgan fingerprint density at radius 1 is 0.857 bits per heavy atom. The molecule has 1 aliphatic rings. The number of rotatable bonds is 6. The van der Waals surface area contributed by atoms with Gasteiger partial charge in [-0.2, -0.15) is 0 Å². The van der Waals surface area contributed by atoms with Crippen LogP contribution in [0.15, 0.2) is 0 Å². The summed E-state index contributed by atoms with van der Waals surface area (Å²) in [5, 5.41) is 0. The molecule has 0 aliphatic heterocycles. The minimum atomic E-state index is -0.916. The molecule has 0 spiro atoms. The van der Waals surface area contributed by atoms with Crippen LogP contribution in [-0.4, -0.2) is 8.67 Å². The summed E-state index contributed by atoms with van der Waals surface area (Å²) >= 11 is 23.8. The minimum Gasteiger partial charge on any atom is -0.0978 e. The van der Waals surface area contributed by atoms with Gasteiger partial charge in [0.15, 0.2) is 8.67 Å². The van der Waals surface area contributed by atoms with Crippen LogP contribution in [0.1, 0.15) is 45.4 Å². The average molecular weight is 278 g/mol. The molecule has 0 N–H and O–H groups in total. The maximum absolute atomic E-state index is 5.94. The molecule has 1 fully saturated rings. The smallest absolute Gasteiger partial charge is 0.0978 e. The van der Waals surface area contributed by atoms with Crippen LogP contribution in [0, 0.1) is 5.92 Å². The molecular weight excluding hydrogens is 262 g/mol. The Balaban J connectivity index is 2.10. The average Bonchev–Trinajstić information content (AvgIpc) is 2.46. The van der Waals surface area contributed by atoms with Gasteiger partial charge in [0.25, 0.3) is 0 Å². The van der Waals surface area contributed by atoms with Gasteiger partial charge in [0.05, 0.1) is 0 Å². The lowest BCUT2D eigenvalue weighted by atomic mass is 10.1. The van der Waals surface area contributed by atoms with E-state index in [4.69, 9.17) is 46.4 Å². The fourth-order valence-corrected chi connectivity index (χ4v) is 3.34. The third-order valence-electron chi connectivity index (χ3n) is 2.83. The van der Waals surface area contributed by atoms with Crippen molar-refractivity contribution < 1.29 is 0 Å². The van der Waals surface area contributed by atoms with Crippen molar-refractivity contribution in [2.45, 2.75) is 54.1 Å². The monoisotopic (exact) mass is 276 g/mol. The summed E-state index contributed by atoms with van der Waals surface area (Å²) in [4.78, 5) is 0. The van der Waals surface area contributed by atoms with Crippen LogP contribution in [0.5, 0.6) is 0 Å². The van der Waals surface area contributed by atoms with Crippen molar-refractivity contribution >= 4 is 46.4 Å². The highest BCUT2D eigenvalue weighted by atomic mass is 35.5. The third-order valence-corrected chi connectivity index (χ3v) is 5.47. The first kappa shape index (κ1) is 13.2. The van der Waals surface area contributed by atoms with Gasteiger partial charge in [-0.1, -0.05) is 85.4 Å². The second kappa shape index (κ2) is 4.99. The zero-order valence-electron chi connectivity index (χ0n) is 8.33. The molecule has 0 heterocycles. The van der Waals surface area contributed by atoms with Gasteiger partial charge in [-0.25, -0.2) is 0 Å². The summed E-state index contributed by atoms with van der Waals surface area (Å²) < 4.78 is -1.83. The molecule has 0 unspecified atom stereocenters. The van der Waals surface area contributed by atoms with E-state index in [-0.39, 0.29) is 5.92 Å². The fourth-order valence-electron chi connectivity index (χ4n) is 1.72. The number of halogens is 4. The van der Waals surface area contributed by atoms with Crippen molar-refractivity contribution in [3.05, 3.63) is 0 Å². The van der Waals surface area contributed by atoms with E-state index in [1.807, 2.05) is 0 Å². The highest BCUT2D eigenvalue weighted by Crippen LogP contribution is 2.70. The molecule has 0 bridgehead atoms. The molecule has 0 saturated heterocycles. The maximum Gasteiger partial charge on any atom is 0.157 e. The first-order chi connectivity index (χ1) is 6.44. The molecule has 0 aromatic rings. The lowest BCUT2D eigenvalue weighted by Crippen LogP contribution is -1.96. The lowest BCUT2D eigenvalue weighted by molar-refractivity contribution is 0.576. The van der Waals surface area contributed by atoms with E-state index in [0.29, 0.717) is 0 Å². The highest BCUT2D eigenvalue weighted by Gasteiger charge is 2.74. The fraction of sp³-hybridized carbons (Fsp3) is 1.00. The van der Waals surface area contributed by atoms with Crippen LogP contribution in [-0.2, 0) is 0 Å². The van der Waals surface area contributed by atoms with Crippen LogP contribution >= 0.6 is 46.4 Å². The Morgan fingerprint density at radius 2 is 1.36 bits per heavy atom. The van der Waals surface area contributed by atoms with Gasteiger partial charge >= 0.3 is 0 Å². The first-order valence-electron chi connectivity index (χ1n) is 5.20. The zero-order valence-corrected chi connectivity index (χ0v) is 11.4. The van der Waals surface area contributed by atoms with Crippen LogP contribution in [0.3, 0.4) is 0 Å². The molecule has 1 rings (SSSR count). The minimum absolute atomic E-state index is 0.0447. The third kappa shape index (κ3) is 2.64. The van der Waals surface area contributed by atoms with Crippen molar-refractivity contribution in [1.29, 1.82) is 0 Å². The van der Waals surface area contributed by atoms with E-state index in [1.54, 1.807) is 0 Å². The number of unbranched alkanes of at least 4 members (excludes halogenated alkanes) is 4. The van der Waals surface area contributed by atoms with Crippen molar-refractivity contribution in [1.82, 2.24) is 0 Å². The van der Waals surface area contributed by atoms with E-state index in [2.05, 4.69) is 6.92 Å². The van der Waals surface area contributed by atoms with Crippen LogP contribution in [0.25, 0.3) is 0 Å². The summed E-state index contributed by atoms with van der Waals surface area (Å²) in [6, 6.07) is 0. The molecule has 1 aliphatic carbocycles. The summed E-state index contributed by atoms with van der Waals surface area (Å²) in [6.07, 6.45) is 7.10. The SMILES string of the molecule is CCCCCCCC1C(Cl)(Cl)C1(Cl)Cl. The first-order valence-corrected chi connectivity index (χ1v) is 6.71. The molecule has 14 heavy (non-hydrogen) atoms. The zero-order chi connectivity index (χ0) is 10.8. The second-order valence-corrected chi connectivity index (χ2v) is 6.77. The van der Waals surface area contributed by atoms with E-state index in [0.717, 1.165) is 12.8 Å². The molecule has 0 aromatic carbocycles. The van der Waals surface area contributed by atoms with E-state index < -0.39 is 8.67 Å². The molecule has 0 atom stereocenters. The summed E-state index contributed by atoms with van der Waals surface area (Å²) in [7, 11) is 0. The van der Waals surface area contributed by atoms with Crippen LogP contribution < -0.4 is 0 Å². The van der Waals surface area contributed by atoms with Gasteiger partial charge < -0.3 is 0 Å². The molecule has 4 heteroatoms. The Hall–Kier alpha value is 1.16. The van der Waals surface area contributed by atoms with Crippen LogP contribution in [0.4, 0.5) is 0 Å². The van der Waals surface area contributed by atoms with Gasteiger partial charge in [0.1, 0.15) is 0 Å². The maximum atomic E-state index is 5.94. The number of hydrogen-bond acceptors (Lipinski definition) is 0. The molecule has 1 saturated carbocycles. The normalized spacial score (nSPS) is 23.8.